The van der Waals surface area contributed by atoms with Gasteiger partial charge in [-0.1, -0.05) is 0 Å². The number of aliphatic carboxylic acids is 1. The molecule has 84 valence electrons. The standard InChI is InChI=1S/C8H11NO4S2/c1-6-2-3-8(14-6)15(12,13)9-5-4-7(10)11/h2-3,9H,4-5H2,1H3,(H,10,11). The molecule has 1 aromatic rings. The molecule has 0 fully saturated rings. The van der Waals surface area contributed by atoms with Gasteiger partial charge < -0.3 is 5.11 Å². The van der Waals surface area contributed by atoms with Crippen LogP contribution < -0.4 is 4.72 Å². The summed E-state index contributed by atoms with van der Waals surface area (Å²) in [7, 11) is -3.53. The monoisotopic (exact) mass is 249 g/mol. The van der Waals surface area contributed by atoms with Gasteiger partial charge in [0.1, 0.15) is 4.21 Å². The van der Waals surface area contributed by atoms with Crippen LogP contribution in [-0.4, -0.2) is 26.0 Å². The molecule has 0 aliphatic carbocycles. The topological polar surface area (TPSA) is 83.5 Å². The van der Waals surface area contributed by atoms with Crippen LogP contribution in [0.2, 0.25) is 0 Å². The zero-order valence-corrected chi connectivity index (χ0v) is 9.69. The zero-order chi connectivity index (χ0) is 11.5. The van der Waals surface area contributed by atoms with Crippen molar-refractivity contribution in [2.24, 2.45) is 0 Å². The van der Waals surface area contributed by atoms with Crippen molar-refractivity contribution in [3.63, 3.8) is 0 Å². The van der Waals surface area contributed by atoms with Crippen LogP contribution in [-0.2, 0) is 14.8 Å². The minimum atomic E-state index is -3.53. The highest BCUT2D eigenvalue weighted by molar-refractivity contribution is 7.91. The minimum absolute atomic E-state index is 0.0887. The van der Waals surface area contributed by atoms with E-state index in [4.69, 9.17) is 5.11 Å². The molecular weight excluding hydrogens is 238 g/mol. The van der Waals surface area contributed by atoms with Gasteiger partial charge in [-0.15, -0.1) is 11.3 Å². The molecule has 1 aromatic heterocycles. The third-order valence-electron chi connectivity index (χ3n) is 1.61. The molecular formula is C8H11NO4S2. The lowest BCUT2D eigenvalue weighted by Crippen LogP contribution is -2.25. The lowest BCUT2D eigenvalue weighted by Gasteiger charge is -2.01. The first kappa shape index (κ1) is 12.2. The van der Waals surface area contributed by atoms with Crippen molar-refractivity contribution in [2.45, 2.75) is 17.6 Å². The van der Waals surface area contributed by atoms with E-state index in [1.807, 2.05) is 0 Å². The second kappa shape index (κ2) is 4.73. The molecule has 1 rings (SSSR count). The fourth-order valence-electron chi connectivity index (χ4n) is 0.920. The highest BCUT2D eigenvalue weighted by Gasteiger charge is 2.15. The van der Waals surface area contributed by atoms with Gasteiger partial charge in [-0.2, -0.15) is 0 Å². The molecule has 0 aromatic carbocycles. The Hall–Kier alpha value is -0.920. The SMILES string of the molecule is Cc1ccc(S(=O)(=O)NCCC(=O)O)s1. The second-order valence-electron chi connectivity index (χ2n) is 2.91. The largest absolute Gasteiger partial charge is 0.481 e. The van der Waals surface area contributed by atoms with Crippen LogP contribution in [0.25, 0.3) is 0 Å². The third-order valence-corrected chi connectivity index (χ3v) is 4.57. The Kier molecular flexibility index (Phi) is 3.83. The number of sulfonamides is 1. The maximum Gasteiger partial charge on any atom is 0.304 e. The first-order valence-corrected chi connectivity index (χ1v) is 6.50. The number of hydrogen-bond acceptors (Lipinski definition) is 4. The molecule has 0 spiro atoms. The van der Waals surface area contributed by atoms with E-state index in [9.17, 15) is 13.2 Å². The third kappa shape index (κ3) is 3.61. The van der Waals surface area contributed by atoms with Crippen molar-refractivity contribution < 1.29 is 18.3 Å². The summed E-state index contributed by atoms with van der Waals surface area (Å²) in [5.41, 5.74) is 0. The number of thiophene rings is 1. The Balaban J connectivity index is 2.64. The molecule has 0 radical (unpaired) electrons. The van der Waals surface area contributed by atoms with Gasteiger partial charge in [-0.05, 0) is 19.1 Å². The van der Waals surface area contributed by atoms with Crippen molar-refractivity contribution in [1.29, 1.82) is 0 Å². The van der Waals surface area contributed by atoms with Crippen molar-refractivity contribution in [3.8, 4) is 0 Å². The molecule has 5 nitrogen and oxygen atoms in total. The van der Waals surface area contributed by atoms with E-state index in [1.54, 1.807) is 13.0 Å². The molecule has 0 aliphatic rings. The maximum absolute atomic E-state index is 11.5. The van der Waals surface area contributed by atoms with E-state index in [-0.39, 0.29) is 17.2 Å². The van der Waals surface area contributed by atoms with Crippen molar-refractivity contribution in [1.82, 2.24) is 4.72 Å². The lowest BCUT2D eigenvalue weighted by atomic mass is 10.5. The van der Waals surface area contributed by atoms with Gasteiger partial charge in [-0.25, -0.2) is 13.1 Å². The van der Waals surface area contributed by atoms with E-state index < -0.39 is 16.0 Å². The number of carboxylic acids is 1. The van der Waals surface area contributed by atoms with Crippen molar-refractivity contribution in [3.05, 3.63) is 17.0 Å². The van der Waals surface area contributed by atoms with Gasteiger partial charge in [0.05, 0.1) is 6.42 Å². The zero-order valence-electron chi connectivity index (χ0n) is 8.06. The Morgan fingerprint density at radius 3 is 2.67 bits per heavy atom. The molecule has 0 saturated heterocycles. The average Bonchev–Trinajstić information content (AvgIpc) is 2.51. The van der Waals surface area contributed by atoms with Gasteiger partial charge in [0, 0.05) is 11.4 Å². The molecule has 2 N–H and O–H groups in total. The summed E-state index contributed by atoms with van der Waals surface area (Å²) < 4.78 is 25.5. The Labute approximate surface area is 91.8 Å². The van der Waals surface area contributed by atoms with Crippen LogP contribution in [0.1, 0.15) is 11.3 Å². The van der Waals surface area contributed by atoms with Gasteiger partial charge in [0.2, 0.25) is 10.0 Å². The lowest BCUT2D eigenvalue weighted by molar-refractivity contribution is -0.136. The smallest absolute Gasteiger partial charge is 0.304 e. The van der Waals surface area contributed by atoms with E-state index >= 15 is 0 Å². The number of aryl methyl sites for hydroxylation is 1. The minimum Gasteiger partial charge on any atom is -0.481 e. The summed E-state index contributed by atoms with van der Waals surface area (Å²) in [5.74, 6) is -1.03. The number of rotatable bonds is 5. The van der Waals surface area contributed by atoms with Gasteiger partial charge in [-0.3, -0.25) is 4.79 Å². The molecule has 1 heterocycles. The van der Waals surface area contributed by atoms with Crippen LogP contribution in [0.4, 0.5) is 0 Å². The Bertz CT molecular complexity index is 449. The summed E-state index contributed by atoms with van der Waals surface area (Å²) in [6.07, 6.45) is -0.219. The maximum atomic E-state index is 11.5. The molecule has 15 heavy (non-hydrogen) atoms. The predicted molar refractivity (Wildman–Crippen MR) is 56.5 cm³/mol. The normalized spacial score (nSPS) is 11.5. The molecule has 0 saturated carbocycles. The number of carboxylic acid groups (broad SMARTS) is 1. The number of nitrogens with one attached hydrogen (secondary N) is 1. The van der Waals surface area contributed by atoms with E-state index in [1.165, 1.54) is 6.07 Å². The van der Waals surface area contributed by atoms with E-state index in [0.29, 0.717) is 0 Å². The van der Waals surface area contributed by atoms with Crippen molar-refractivity contribution in [2.75, 3.05) is 6.54 Å². The van der Waals surface area contributed by atoms with Gasteiger partial charge >= 0.3 is 5.97 Å². The van der Waals surface area contributed by atoms with Crippen LogP contribution in [0.15, 0.2) is 16.3 Å². The highest BCUT2D eigenvalue weighted by Crippen LogP contribution is 2.19. The van der Waals surface area contributed by atoms with E-state index in [0.717, 1.165) is 16.2 Å². The summed E-state index contributed by atoms with van der Waals surface area (Å²) in [5, 5.41) is 8.35. The molecule has 7 heteroatoms. The summed E-state index contributed by atoms with van der Waals surface area (Å²) in [4.78, 5) is 11.1. The van der Waals surface area contributed by atoms with E-state index in [2.05, 4.69) is 4.72 Å². The molecule has 0 atom stereocenters. The van der Waals surface area contributed by atoms with Crippen molar-refractivity contribution >= 4 is 27.3 Å². The van der Waals surface area contributed by atoms with Gasteiger partial charge in [0.25, 0.3) is 0 Å². The summed E-state index contributed by atoms with van der Waals surface area (Å²) >= 11 is 1.16. The summed E-state index contributed by atoms with van der Waals surface area (Å²) in [6.45, 7) is 1.72. The second-order valence-corrected chi connectivity index (χ2v) is 6.19. The molecule has 0 unspecified atom stereocenters. The van der Waals surface area contributed by atoms with Crippen LogP contribution in [0.5, 0.6) is 0 Å². The first-order valence-electron chi connectivity index (χ1n) is 4.20. The molecule has 0 bridgehead atoms. The number of carbonyl (C=O) groups is 1. The molecule has 0 amide bonds. The Morgan fingerprint density at radius 1 is 1.53 bits per heavy atom. The van der Waals surface area contributed by atoms with Crippen LogP contribution in [0.3, 0.4) is 0 Å². The average molecular weight is 249 g/mol. The first-order chi connectivity index (χ1) is 6.92. The quantitative estimate of drug-likeness (QED) is 0.809. The highest BCUT2D eigenvalue weighted by atomic mass is 32.2. The predicted octanol–water partition coefficient (Wildman–Crippen LogP) is 0.810. The fraction of sp³-hybridized carbons (Fsp3) is 0.375. The van der Waals surface area contributed by atoms with Gasteiger partial charge in [0.15, 0.2) is 0 Å². The fourth-order valence-corrected chi connectivity index (χ4v) is 3.28. The number of hydrogen-bond donors (Lipinski definition) is 2. The molecule has 0 aliphatic heterocycles. The van der Waals surface area contributed by atoms with Crippen LogP contribution >= 0.6 is 11.3 Å². The summed E-state index contributed by atoms with van der Waals surface area (Å²) in [6, 6.07) is 3.21. The van der Waals surface area contributed by atoms with Crippen LogP contribution in [0, 0.1) is 6.92 Å². The Morgan fingerprint density at radius 2 is 2.20 bits per heavy atom.